The molecule has 0 aliphatic heterocycles. The van der Waals surface area contributed by atoms with E-state index in [0.29, 0.717) is 17.6 Å². The van der Waals surface area contributed by atoms with Crippen LogP contribution < -0.4 is 0 Å². The number of hydrogen-bond donors (Lipinski definition) is 0. The van der Waals surface area contributed by atoms with Gasteiger partial charge in [-0.15, -0.1) is 0 Å². The van der Waals surface area contributed by atoms with Crippen molar-refractivity contribution >= 4 is 5.78 Å². The largest absolute Gasteiger partial charge is 0.299 e. The molecule has 0 spiro atoms. The van der Waals surface area contributed by atoms with Crippen LogP contribution in [0.3, 0.4) is 0 Å². The second-order valence-corrected chi connectivity index (χ2v) is 3.42. The van der Waals surface area contributed by atoms with Gasteiger partial charge in [0.05, 0.1) is 0 Å². The summed E-state index contributed by atoms with van der Waals surface area (Å²) in [6.07, 6.45) is 0. The summed E-state index contributed by atoms with van der Waals surface area (Å²) in [7, 11) is 0. The molecule has 1 fully saturated rings. The molecule has 0 radical (unpaired) electrons. The summed E-state index contributed by atoms with van der Waals surface area (Å²) in [6, 6.07) is 0. The van der Waals surface area contributed by atoms with Crippen LogP contribution in [-0.4, -0.2) is 5.78 Å². The Bertz CT molecular complexity index is 141. The van der Waals surface area contributed by atoms with Crippen molar-refractivity contribution in [3.63, 3.8) is 0 Å². The van der Waals surface area contributed by atoms with Crippen LogP contribution >= 0.6 is 0 Å². The molecule has 52 valence electrons. The Labute approximate surface area is 56.4 Å². The quantitative estimate of drug-likeness (QED) is 0.524. The van der Waals surface area contributed by atoms with E-state index in [0.717, 1.165) is 0 Å². The zero-order chi connectivity index (χ0) is 7.23. The van der Waals surface area contributed by atoms with Gasteiger partial charge >= 0.3 is 0 Å². The molecule has 1 saturated carbocycles. The smallest absolute Gasteiger partial charge is 0.136 e. The van der Waals surface area contributed by atoms with Crippen LogP contribution in [-0.2, 0) is 4.79 Å². The second-order valence-electron chi connectivity index (χ2n) is 3.42. The minimum atomic E-state index is 0.0278. The van der Waals surface area contributed by atoms with Gasteiger partial charge in [0.1, 0.15) is 5.78 Å². The highest BCUT2D eigenvalue weighted by Crippen LogP contribution is 2.58. The third-order valence-corrected chi connectivity index (χ3v) is 3.29. The Morgan fingerprint density at radius 3 is 1.67 bits per heavy atom. The molecule has 0 N–H and O–H groups in total. The van der Waals surface area contributed by atoms with E-state index < -0.39 is 0 Å². The average molecular weight is 126 g/mol. The van der Waals surface area contributed by atoms with Crippen molar-refractivity contribution in [1.82, 2.24) is 0 Å². The van der Waals surface area contributed by atoms with Crippen LogP contribution in [0.25, 0.3) is 0 Å². The van der Waals surface area contributed by atoms with E-state index in [1.807, 2.05) is 0 Å². The third kappa shape index (κ3) is 0.637. The minimum absolute atomic E-state index is 0.0278. The number of rotatable bonds is 1. The van der Waals surface area contributed by atoms with E-state index in [1.165, 1.54) is 0 Å². The SMILES string of the molecule is CC(=O)C1(C)[C@H](C)[C@@H]1C. The van der Waals surface area contributed by atoms with Gasteiger partial charge in [-0.05, 0) is 18.8 Å². The maximum Gasteiger partial charge on any atom is 0.136 e. The van der Waals surface area contributed by atoms with Gasteiger partial charge in [0.25, 0.3) is 0 Å². The van der Waals surface area contributed by atoms with Crippen molar-refractivity contribution in [2.45, 2.75) is 27.7 Å². The van der Waals surface area contributed by atoms with Gasteiger partial charge in [-0.25, -0.2) is 0 Å². The highest BCUT2D eigenvalue weighted by atomic mass is 16.1. The van der Waals surface area contributed by atoms with Gasteiger partial charge in [-0.1, -0.05) is 20.8 Å². The normalized spacial score (nSPS) is 48.9. The van der Waals surface area contributed by atoms with Crippen LogP contribution in [0, 0.1) is 17.3 Å². The molecule has 1 aliphatic carbocycles. The third-order valence-electron chi connectivity index (χ3n) is 3.29. The maximum absolute atomic E-state index is 10.9. The van der Waals surface area contributed by atoms with Crippen LogP contribution in [0.4, 0.5) is 0 Å². The number of Topliss-reactive ketones (excluding diaryl/α,β-unsaturated/α-hetero) is 1. The number of carbonyl (C=O) groups excluding carboxylic acids is 1. The molecule has 0 aromatic heterocycles. The average Bonchev–Trinajstić information content (AvgIpc) is 2.22. The van der Waals surface area contributed by atoms with Crippen molar-refractivity contribution in [3.05, 3.63) is 0 Å². The lowest BCUT2D eigenvalue weighted by molar-refractivity contribution is -0.122. The molecule has 0 bridgehead atoms. The van der Waals surface area contributed by atoms with Gasteiger partial charge < -0.3 is 0 Å². The van der Waals surface area contributed by atoms with E-state index in [2.05, 4.69) is 20.8 Å². The molecule has 3 atom stereocenters. The molecular weight excluding hydrogens is 112 g/mol. The van der Waals surface area contributed by atoms with Crippen molar-refractivity contribution < 1.29 is 4.79 Å². The molecule has 0 amide bonds. The van der Waals surface area contributed by atoms with Gasteiger partial charge in [-0.3, -0.25) is 4.79 Å². The first-order valence-electron chi connectivity index (χ1n) is 3.52. The Balaban J connectivity index is 2.71. The van der Waals surface area contributed by atoms with Gasteiger partial charge in [-0.2, -0.15) is 0 Å². The molecule has 9 heavy (non-hydrogen) atoms. The molecule has 0 saturated heterocycles. The lowest BCUT2D eigenvalue weighted by atomic mass is 10.0. The summed E-state index contributed by atoms with van der Waals surface area (Å²) in [5, 5.41) is 0. The summed E-state index contributed by atoms with van der Waals surface area (Å²) >= 11 is 0. The highest BCUT2D eigenvalue weighted by molar-refractivity contribution is 5.85. The van der Waals surface area contributed by atoms with Crippen LogP contribution in [0.15, 0.2) is 0 Å². The number of carbonyl (C=O) groups is 1. The van der Waals surface area contributed by atoms with E-state index in [9.17, 15) is 4.79 Å². The van der Waals surface area contributed by atoms with Crippen molar-refractivity contribution in [2.75, 3.05) is 0 Å². The summed E-state index contributed by atoms with van der Waals surface area (Å²) in [4.78, 5) is 10.9. The second kappa shape index (κ2) is 1.59. The summed E-state index contributed by atoms with van der Waals surface area (Å²) < 4.78 is 0. The summed E-state index contributed by atoms with van der Waals surface area (Å²) in [5.74, 6) is 1.56. The predicted octanol–water partition coefficient (Wildman–Crippen LogP) is 1.87. The Morgan fingerprint density at radius 2 is 1.67 bits per heavy atom. The van der Waals surface area contributed by atoms with Crippen LogP contribution in [0.2, 0.25) is 0 Å². The molecule has 0 heterocycles. The fourth-order valence-electron chi connectivity index (χ4n) is 1.63. The Morgan fingerprint density at radius 1 is 1.33 bits per heavy atom. The number of hydrogen-bond acceptors (Lipinski definition) is 1. The molecule has 1 rings (SSSR count). The Hall–Kier alpha value is -0.330. The van der Waals surface area contributed by atoms with Crippen LogP contribution in [0.5, 0.6) is 0 Å². The van der Waals surface area contributed by atoms with Gasteiger partial charge in [0.2, 0.25) is 0 Å². The van der Waals surface area contributed by atoms with E-state index >= 15 is 0 Å². The molecule has 1 aliphatic rings. The first-order chi connectivity index (χ1) is 4.01. The molecule has 1 nitrogen and oxygen atoms in total. The molecule has 1 heteroatoms. The summed E-state index contributed by atoms with van der Waals surface area (Å²) in [5.41, 5.74) is 0.0278. The number of ketones is 1. The molecule has 0 aromatic carbocycles. The first kappa shape index (κ1) is 6.79. The van der Waals surface area contributed by atoms with Crippen LogP contribution in [0.1, 0.15) is 27.7 Å². The first-order valence-corrected chi connectivity index (χ1v) is 3.52. The summed E-state index contributed by atoms with van der Waals surface area (Å²) in [6.45, 7) is 8.04. The lowest BCUT2D eigenvalue weighted by Gasteiger charge is -2.02. The molecule has 1 unspecified atom stereocenters. The maximum atomic E-state index is 10.9. The molecular formula is C8H14O. The van der Waals surface area contributed by atoms with E-state index in [4.69, 9.17) is 0 Å². The molecule has 0 aromatic rings. The Kier molecular flexibility index (Phi) is 1.20. The van der Waals surface area contributed by atoms with E-state index in [-0.39, 0.29) is 5.41 Å². The zero-order valence-electron chi connectivity index (χ0n) is 6.56. The van der Waals surface area contributed by atoms with Gasteiger partial charge in [0, 0.05) is 5.41 Å². The fourth-order valence-corrected chi connectivity index (χ4v) is 1.63. The van der Waals surface area contributed by atoms with Crippen molar-refractivity contribution in [3.8, 4) is 0 Å². The topological polar surface area (TPSA) is 17.1 Å². The standard InChI is InChI=1S/C8H14O/c1-5-6(2)8(5,4)7(3)9/h5-6H,1-4H3/t5-,6+,8?. The fraction of sp³-hybridized carbons (Fsp3) is 0.875. The van der Waals surface area contributed by atoms with Crippen molar-refractivity contribution in [1.29, 1.82) is 0 Å². The lowest BCUT2D eigenvalue weighted by Crippen LogP contribution is -2.10. The van der Waals surface area contributed by atoms with Crippen molar-refractivity contribution in [2.24, 2.45) is 17.3 Å². The zero-order valence-corrected chi connectivity index (χ0v) is 6.56. The predicted molar refractivity (Wildman–Crippen MR) is 37.1 cm³/mol. The monoisotopic (exact) mass is 126 g/mol. The minimum Gasteiger partial charge on any atom is -0.299 e. The van der Waals surface area contributed by atoms with Gasteiger partial charge in [0.15, 0.2) is 0 Å². The van der Waals surface area contributed by atoms with E-state index in [1.54, 1.807) is 6.92 Å². The highest BCUT2D eigenvalue weighted by Gasteiger charge is 2.58.